The molecule has 0 fully saturated rings. The zero-order valence-corrected chi connectivity index (χ0v) is 13.5. The van der Waals surface area contributed by atoms with Gasteiger partial charge in [0.15, 0.2) is 0 Å². The second-order valence-corrected chi connectivity index (χ2v) is 6.02. The van der Waals surface area contributed by atoms with E-state index in [1.807, 2.05) is 24.3 Å². The summed E-state index contributed by atoms with van der Waals surface area (Å²) in [5.41, 5.74) is 4.65. The molecule has 0 aromatic heterocycles. The standard InChI is InChI=1S/C13H10BrCl3N2/c14-9-5-7(1-3-10(9)15)13(19-18)8-2-4-11(16)12(17)6-8/h1-6,13,19H,18H2. The Labute approximate surface area is 134 Å². The fourth-order valence-electron chi connectivity index (χ4n) is 1.77. The summed E-state index contributed by atoms with van der Waals surface area (Å²) in [6.07, 6.45) is 0. The summed E-state index contributed by atoms with van der Waals surface area (Å²) >= 11 is 21.3. The Morgan fingerprint density at radius 1 is 0.895 bits per heavy atom. The van der Waals surface area contributed by atoms with Crippen LogP contribution in [0.15, 0.2) is 40.9 Å². The van der Waals surface area contributed by atoms with Crippen LogP contribution in [0.2, 0.25) is 15.1 Å². The number of halogens is 4. The second kappa shape index (κ2) is 6.44. The van der Waals surface area contributed by atoms with E-state index in [-0.39, 0.29) is 6.04 Å². The predicted octanol–water partition coefficient (Wildman–Crippen LogP) is 4.96. The van der Waals surface area contributed by atoms with Crippen molar-refractivity contribution >= 4 is 50.7 Å². The summed E-state index contributed by atoms with van der Waals surface area (Å²) in [7, 11) is 0. The van der Waals surface area contributed by atoms with Crippen molar-refractivity contribution in [2.75, 3.05) is 0 Å². The van der Waals surface area contributed by atoms with E-state index < -0.39 is 0 Å². The van der Waals surface area contributed by atoms with Crippen LogP contribution in [0.1, 0.15) is 17.2 Å². The smallest absolute Gasteiger partial charge is 0.0711 e. The predicted molar refractivity (Wildman–Crippen MR) is 84.8 cm³/mol. The third-order valence-corrected chi connectivity index (χ3v) is 4.67. The van der Waals surface area contributed by atoms with Crippen LogP contribution in [-0.2, 0) is 0 Å². The first-order chi connectivity index (χ1) is 9.02. The highest BCUT2D eigenvalue weighted by Crippen LogP contribution is 2.31. The maximum absolute atomic E-state index is 6.03. The molecule has 0 radical (unpaired) electrons. The Morgan fingerprint density at radius 3 is 2.00 bits per heavy atom. The molecule has 6 heteroatoms. The Balaban J connectivity index is 2.43. The lowest BCUT2D eigenvalue weighted by Gasteiger charge is -2.18. The normalized spacial score (nSPS) is 12.5. The second-order valence-electron chi connectivity index (χ2n) is 3.95. The van der Waals surface area contributed by atoms with Crippen LogP contribution in [0, 0.1) is 0 Å². The molecule has 0 heterocycles. The van der Waals surface area contributed by atoms with Gasteiger partial charge in [-0.1, -0.05) is 46.9 Å². The van der Waals surface area contributed by atoms with Crippen molar-refractivity contribution in [3.8, 4) is 0 Å². The Morgan fingerprint density at radius 2 is 1.47 bits per heavy atom. The minimum absolute atomic E-state index is 0.191. The number of hydrogen-bond donors (Lipinski definition) is 2. The summed E-state index contributed by atoms with van der Waals surface area (Å²) < 4.78 is 0.812. The third-order valence-electron chi connectivity index (χ3n) is 2.72. The van der Waals surface area contributed by atoms with Gasteiger partial charge in [0, 0.05) is 4.47 Å². The molecule has 2 aromatic carbocycles. The summed E-state index contributed by atoms with van der Waals surface area (Å²) in [6, 6.07) is 10.8. The molecule has 19 heavy (non-hydrogen) atoms. The average molecular weight is 381 g/mol. The molecule has 0 aliphatic heterocycles. The number of hydrazine groups is 1. The monoisotopic (exact) mass is 378 g/mol. The van der Waals surface area contributed by atoms with Crippen molar-refractivity contribution < 1.29 is 0 Å². The quantitative estimate of drug-likeness (QED) is 0.583. The van der Waals surface area contributed by atoms with Crippen LogP contribution in [-0.4, -0.2) is 0 Å². The molecule has 2 rings (SSSR count). The molecule has 2 aromatic rings. The molecule has 0 aliphatic rings. The van der Waals surface area contributed by atoms with Gasteiger partial charge in [-0.25, -0.2) is 5.43 Å². The Hall–Kier alpha value is -0.290. The minimum atomic E-state index is -0.191. The summed E-state index contributed by atoms with van der Waals surface area (Å²) in [4.78, 5) is 0. The zero-order valence-electron chi connectivity index (χ0n) is 9.63. The number of hydrogen-bond acceptors (Lipinski definition) is 2. The van der Waals surface area contributed by atoms with E-state index in [9.17, 15) is 0 Å². The highest BCUT2D eigenvalue weighted by atomic mass is 79.9. The molecule has 3 N–H and O–H groups in total. The van der Waals surface area contributed by atoms with Crippen LogP contribution in [0.3, 0.4) is 0 Å². The largest absolute Gasteiger partial charge is 0.271 e. The molecular weight excluding hydrogens is 370 g/mol. The molecule has 0 amide bonds. The van der Waals surface area contributed by atoms with E-state index in [1.54, 1.807) is 12.1 Å². The maximum atomic E-state index is 6.03. The van der Waals surface area contributed by atoms with Gasteiger partial charge in [-0.05, 0) is 51.3 Å². The summed E-state index contributed by atoms with van der Waals surface area (Å²) in [5.74, 6) is 5.64. The van der Waals surface area contributed by atoms with Crippen molar-refractivity contribution in [3.05, 3.63) is 67.1 Å². The first kappa shape index (κ1) is 15.1. The minimum Gasteiger partial charge on any atom is -0.271 e. The highest BCUT2D eigenvalue weighted by Gasteiger charge is 2.14. The maximum Gasteiger partial charge on any atom is 0.0711 e. The first-order valence-corrected chi connectivity index (χ1v) is 7.31. The van der Waals surface area contributed by atoms with Gasteiger partial charge in [-0.3, -0.25) is 5.84 Å². The average Bonchev–Trinajstić information content (AvgIpc) is 2.39. The van der Waals surface area contributed by atoms with Gasteiger partial charge in [-0.2, -0.15) is 0 Å². The van der Waals surface area contributed by atoms with Crippen LogP contribution < -0.4 is 11.3 Å². The molecule has 100 valence electrons. The fourth-order valence-corrected chi connectivity index (χ4v) is 2.59. The molecule has 2 nitrogen and oxygen atoms in total. The van der Waals surface area contributed by atoms with Crippen molar-refractivity contribution in [2.45, 2.75) is 6.04 Å². The Bertz CT molecular complexity index is 553. The number of rotatable bonds is 3. The molecule has 1 atom stereocenters. The number of benzene rings is 2. The van der Waals surface area contributed by atoms with E-state index in [4.69, 9.17) is 40.6 Å². The highest BCUT2D eigenvalue weighted by molar-refractivity contribution is 9.10. The van der Waals surface area contributed by atoms with Crippen molar-refractivity contribution in [3.63, 3.8) is 0 Å². The van der Waals surface area contributed by atoms with Gasteiger partial charge >= 0.3 is 0 Å². The van der Waals surface area contributed by atoms with E-state index in [1.165, 1.54) is 0 Å². The van der Waals surface area contributed by atoms with Gasteiger partial charge in [0.2, 0.25) is 0 Å². The number of nitrogens with two attached hydrogens (primary N) is 1. The molecule has 0 bridgehead atoms. The molecule has 0 saturated heterocycles. The number of nitrogens with one attached hydrogen (secondary N) is 1. The van der Waals surface area contributed by atoms with Gasteiger partial charge < -0.3 is 0 Å². The lowest BCUT2D eigenvalue weighted by atomic mass is 9.99. The van der Waals surface area contributed by atoms with E-state index >= 15 is 0 Å². The summed E-state index contributed by atoms with van der Waals surface area (Å²) in [5, 5.41) is 1.65. The topological polar surface area (TPSA) is 38.0 Å². The lowest BCUT2D eigenvalue weighted by molar-refractivity contribution is 0.637. The Kier molecular flexibility index (Phi) is 5.12. The molecule has 0 aliphatic carbocycles. The van der Waals surface area contributed by atoms with E-state index in [0.717, 1.165) is 15.6 Å². The van der Waals surface area contributed by atoms with Crippen molar-refractivity contribution in [1.29, 1.82) is 0 Å². The molecule has 0 saturated carbocycles. The molecule has 1 unspecified atom stereocenters. The van der Waals surface area contributed by atoms with Crippen LogP contribution in [0.25, 0.3) is 0 Å². The molecular formula is C13H10BrCl3N2. The van der Waals surface area contributed by atoms with Crippen LogP contribution in [0.4, 0.5) is 0 Å². The van der Waals surface area contributed by atoms with Gasteiger partial charge in [-0.15, -0.1) is 0 Å². The summed E-state index contributed by atoms with van der Waals surface area (Å²) in [6.45, 7) is 0. The van der Waals surface area contributed by atoms with E-state index in [0.29, 0.717) is 15.1 Å². The van der Waals surface area contributed by atoms with Gasteiger partial charge in [0.1, 0.15) is 0 Å². The van der Waals surface area contributed by atoms with Crippen LogP contribution >= 0.6 is 50.7 Å². The van der Waals surface area contributed by atoms with Crippen molar-refractivity contribution in [1.82, 2.24) is 5.43 Å². The van der Waals surface area contributed by atoms with Crippen LogP contribution in [0.5, 0.6) is 0 Å². The zero-order chi connectivity index (χ0) is 14.0. The van der Waals surface area contributed by atoms with Gasteiger partial charge in [0.05, 0.1) is 21.1 Å². The molecule has 0 spiro atoms. The fraction of sp³-hybridized carbons (Fsp3) is 0.0769. The SMILES string of the molecule is NNC(c1ccc(Cl)c(Cl)c1)c1ccc(Cl)c(Br)c1. The third kappa shape index (κ3) is 3.43. The lowest BCUT2D eigenvalue weighted by Crippen LogP contribution is -2.28. The van der Waals surface area contributed by atoms with E-state index in [2.05, 4.69) is 21.4 Å². The van der Waals surface area contributed by atoms with Crippen molar-refractivity contribution in [2.24, 2.45) is 5.84 Å². The van der Waals surface area contributed by atoms with Gasteiger partial charge in [0.25, 0.3) is 0 Å². The first-order valence-electron chi connectivity index (χ1n) is 5.39.